The van der Waals surface area contributed by atoms with Crippen molar-refractivity contribution in [2.45, 2.75) is 24.9 Å². The van der Waals surface area contributed by atoms with Gasteiger partial charge in [-0.25, -0.2) is 4.98 Å². The summed E-state index contributed by atoms with van der Waals surface area (Å²) in [4.78, 5) is 10.9. The molecule has 0 saturated heterocycles. The van der Waals surface area contributed by atoms with Gasteiger partial charge in [-0.05, 0) is 24.1 Å². The molecule has 0 aliphatic heterocycles. The summed E-state index contributed by atoms with van der Waals surface area (Å²) in [5.41, 5.74) is 2.31. The Bertz CT molecular complexity index is 727. The maximum atomic E-state index is 6.07. The van der Waals surface area contributed by atoms with E-state index in [0.29, 0.717) is 18.5 Å². The van der Waals surface area contributed by atoms with E-state index in [1.807, 2.05) is 37.2 Å². The first-order valence-corrected chi connectivity index (χ1v) is 9.17. The van der Waals surface area contributed by atoms with E-state index < -0.39 is 0 Å². The van der Waals surface area contributed by atoms with Gasteiger partial charge in [0.15, 0.2) is 11.1 Å². The smallest absolute Gasteiger partial charge is 0.191 e. The molecule has 7 heteroatoms. The van der Waals surface area contributed by atoms with Gasteiger partial charge in [0.25, 0.3) is 0 Å². The first-order valence-electron chi connectivity index (χ1n) is 7.91. The molecular formula is C17H22ClN5S. The third kappa shape index (κ3) is 4.19. The van der Waals surface area contributed by atoms with Gasteiger partial charge in [-0.15, -0.1) is 11.3 Å². The Balaban J connectivity index is 1.51. The van der Waals surface area contributed by atoms with Crippen LogP contribution >= 0.6 is 22.9 Å². The zero-order chi connectivity index (χ0) is 17.1. The topological polar surface area (TPSA) is 52.6 Å². The highest BCUT2D eigenvalue weighted by atomic mass is 35.5. The van der Waals surface area contributed by atoms with E-state index in [0.717, 1.165) is 28.2 Å². The second-order valence-electron chi connectivity index (χ2n) is 6.09. The summed E-state index contributed by atoms with van der Waals surface area (Å²) in [6.07, 6.45) is 1.10. The molecule has 24 heavy (non-hydrogen) atoms. The highest BCUT2D eigenvalue weighted by Crippen LogP contribution is 2.41. The lowest BCUT2D eigenvalue weighted by molar-refractivity contribution is 0.781. The number of guanidine groups is 1. The third-order valence-electron chi connectivity index (χ3n) is 3.97. The van der Waals surface area contributed by atoms with Crippen LogP contribution in [-0.4, -0.2) is 38.1 Å². The molecule has 1 aromatic carbocycles. The normalized spacial score (nSPS) is 19.9. The van der Waals surface area contributed by atoms with Crippen LogP contribution in [-0.2, 0) is 6.54 Å². The highest BCUT2D eigenvalue weighted by molar-refractivity contribution is 7.13. The van der Waals surface area contributed by atoms with Crippen molar-refractivity contribution < 1.29 is 0 Å². The zero-order valence-corrected chi connectivity index (χ0v) is 15.7. The van der Waals surface area contributed by atoms with E-state index in [4.69, 9.17) is 11.6 Å². The summed E-state index contributed by atoms with van der Waals surface area (Å²) < 4.78 is 0. The van der Waals surface area contributed by atoms with Gasteiger partial charge in [0, 0.05) is 43.5 Å². The van der Waals surface area contributed by atoms with Gasteiger partial charge in [-0.2, -0.15) is 0 Å². The van der Waals surface area contributed by atoms with Crippen molar-refractivity contribution in [3.63, 3.8) is 0 Å². The van der Waals surface area contributed by atoms with Crippen LogP contribution in [0.5, 0.6) is 0 Å². The van der Waals surface area contributed by atoms with Crippen LogP contribution in [0.1, 0.15) is 23.6 Å². The fourth-order valence-corrected chi connectivity index (χ4v) is 3.54. The Labute approximate surface area is 151 Å². The molecule has 1 saturated carbocycles. The SMILES string of the molecule is CN=C(NCc1csc(N(C)C)n1)NC1CC1c1cccc(Cl)c1. The number of hydrogen-bond acceptors (Lipinski definition) is 4. The van der Waals surface area contributed by atoms with Crippen LogP contribution in [0.25, 0.3) is 0 Å². The molecule has 1 aliphatic rings. The van der Waals surface area contributed by atoms with Crippen LogP contribution in [0.4, 0.5) is 5.13 Å². The standard InChI is InChI=1S/C17H22ClN5S/c1-19-16(20-9-13-10-24-17(21-13)23(2)3)22-15-8-14(15)11-5-4-6-12(18)7-11/h4-7,10,14-15H,8-9H2,1-3H3,(H2,19,20,22). The molecule has 1 aromatic heterocycles. The summed E-state index contributed by atoms with van der Waals surface area (Å²) in [6, 6.07) is 8.49. The average Bonchev–Trinajstić information content (AvgIpc) is 3.16. The minimum absolute atomic E-state index is 0.405. The predicted molar refractivity (Wildman–Crippen MR) is 102 cm³/mol. The number of anilines is 1. The van der Waals surface area contributed by atoms with E-state index in [9.17, 15) is 0 Å². The number of nitrogens with one attached hydrogen (secondary N) is 2. The van der Waals surface area contributed by atoms with Gasteiger partial charge < -0.3 is 15.5 Å². The van der Waals surface area contributed by atoms with Crippen LogP contribution in [0.15, 0.2) is 34.6 Å². The molecule has 2 unspecified atom stereocenters. The molecule has 1 heterocycles. The molecule has 2 aromatic rings. The van der Waals surface area contributed by atoms with Crippen LogP contribution in [0.3, 0.4) is 0 Å². The molecule has 0 radical (unpaired) electrons. The van der Waals surface area contributed by atoms with Crippen molar-refractivity contribution >= 4 is 34.0 Å². The first-order chi connectivity index (χ1) is 11.6. The molecule has 5 nitrogen and oxygen atoms in total. The minimum atomic E-state index is 0.405. The fraction of sp³-hybridized carbons (Fsp3) is 0.412. The zero-order valence-electron chi connectivity index (χ0n) is 14.1. The predicted octanol–water partition coefficient (Wildman–Crippen LogP) is 3.08. The van der Waals surface area contributed by atoms with Gasteiger partial charge in [0.1, 0.15) is 0 Å². The van der Waals surface area contributed by atoms with E-state index in [1.165, 1.54) is 5.56 Å². The lowest BCUT2D eigenvalue weighted by Gasteiger charge is -2.11. The van der Waals surface area contributed by atoms with E-state index in [-0.39, 0.29) is 0 Å². The summed E-state index contributed by atoms with van der Waals surface area (Å²) in [6.45, 7) is 0.665. The Kier molecular flexibility index (Phi) is 5.26. The van der Waals surface area contributed by atoms with E-state index >= 15 is 0 Å². The Morgan fingerprint density at radius 3 is 2.96 bits per heavy atom. The number of nitrogens with zero attached hydrogens (tertiary/aromatic N) is 3. The lowest BCUT2D eigenvalue weighted by atomic mass is 10.1. The van der Waals surface area contributed by atoms with Crippen molar-refractivity contribution in [2.24, 2.45) is 4.99 Å². The van der Waals surface area contributed by atoms with Gasteiger partial charge in [-0.3, -0.25) is 4.99 Å². The molecular weight excluding hydrogens is 342 g/mol. The quantitative estimate of drug-likeness (QED) is 0.633. The number of aromatic nitrogens is 1. The number of aliphatic imine (C=N–C) groups is 1. The van der Waals surface area contributed by atoms with E-state index in [1.54, 1.807) is 18.4 Å². The number of benzene rings is 1. The number of halogens is 1. The van der Waals surface area contributed by atoms with Crippen LogP contribution in [0.2, 0.25) is 5.02 Å². The minimum Gasteiger partial charge on any atom is -0.354 e. The highest BCUT2D eigenvalue weighted by Gasteiger charge is 2.39. The largest absolute Gasteiger partial charge is 0.354 e. The number of hydrogen-bond donors (Lipinski definition) is 2. The molecule has 1 aliphatic carbocycles. The lowest BCUT2D eigenvalue weighted by Crippen LogP contribution is -2.38. The van der Waals surface area contributed by atoms with Gasteiger partial charge in [0.05, 0.1) is 12.2 Å². The average molecular weight is 364 g/mol. The first kappa shape index (κ1) is 17.0. The maximum absolute atomic E-state index is 6.07. The molecule has 2 N–H and O–H groups in total. The fourth-order valence-electron chi connectivity index (χ4n) is 2.59. The van der Waals surface area contributed by atoms with Gasteiger partial charge in [-0.1, -0.05) is 23.7 Å². The number of thiazole rings is 1. The monoisotopic (exact) mass is 363 g/mol. The van der Waals surface area contributed by atoms with Crippen LogP contribution in [0, 0.1) is 0 Å². The second kappa shape index (κ2) is 7.40. The van der Waals surface area contributed by atoms with Crippen molar-refractivity contribution in [2.75, 3.05) is 26.0 Å². The van der Waals surface area contributed by atoms with Crippen molar-refractivity contribution in [1.29, 1.82) is 0 Å². The molecule has 0 bridgehead atoms. The van der Waals surface area contributed by atoms with Gasteiger partial charge in [0.2, 0.25) is 0 Å². The summed E-state index contributed by atoms with van der Waals surface area (Å²) >= 11 is 7.72. The molecule has 0 spiro atoms. The third-order valence-corrected chi connectivity index (χ3v) is 5.26. The van der Waals surface area contributed by atoms with E-state index in [2.05, 4.69) is 32.1 Å². The Hall–Kier alpha value is -1.79. The Morgan fingerprint density at radius 1 is 1.46 bits per heavy atom. The molecule has 2 atom stereocenters. The summed E-state index contributed by atoms with van der Waals surface area (Å²) in [7, 11) is 5.79. The van der Waals surface area contributed by atoms with Crippen LogP contribution < -0.4 is 15.5 Å². The van der Waals surface area contributed by atoms with Crippen molar-refractivity contribution in [3.05, 3.63) is 45.9 Å². The van der Waals surface area contributed by atoms with Gasteiger partial charge >= 0.3 is 0 Å². The summed E-state index contributed by atoms with van der Waals surface area (Å²) in [5.74, 6) is 1.31. The molecule has 128 valence electrons. The molecule has 0 amide bonds. The van der Waals surface area contributed by atoms with Crippen molar-refractivity contribution in [1.82, 2.24) is 15.6 Å². The maximum Gasteiger partial charge on any atom is 0.191 e. The molecule has 3 rings (SSSR count). The second-order valence-corrected chi connectivity index (χ2v) is 7.36. The number of rotatable bonds is 5. The molecule has 1 fully saturated rings. The van der Waals surface area contributed by atoms with Crippen molar-refractivity contribution in [3.8, 4) is 0 Å². The summed E-state index contributed by atoms with van der Waals surface area (Å²) in [5, 5.41) is 10.7. The Morgan fingerprint density at radius 2 is 2.29 bits per heavy atom.